The van der Waals surface area contributed by atoms with Gasteiger partial charge in [0.05, 0.1) is 0 Å². The van der Waals surface area contributed by atoms with Crippen LogP contribution >= 0.6 is 0 Å². The van der Waals surface area contributed by atoms with Gasteiger partial charge in [-0.1, -0.05) is 0 Å². The molecule has 7 heavy (non-hydrogen) atoms. The summed E-state index contributed by atoms with van der Waals surface area (Å²) in [4.78, 5) is 9.52. The van der Waals surface area contributed by atoms with Gasteiger partial charge in [-0.25, -0.2) is 0 Å². The van der Waals surface area contributed by atoms with Crippen LogP contribution in [0.5, 0.6) is 0 Å². The van der Waals surface area contributed by atoms with Crippen molar-refractivity contribution in [2.75, 3.05) is 6.61 Å². The number of carboxylic acid groups (broad SMARTS) is 1. The molecule has 0 aromatic heterocycles. The monoisotopic (exact) mass is 181 g/mol. The van der Waals surface area contributed by atoms with E-state index in [0.29, 0.717) is 0 Å². The third-order valence-electron chi connectivity index (χ3n) is 0.255. The van der Waals surface area contributed by atoms with E-state index in [1.54, 1.807) is 0 Å². The van der Waals surface area contributed by atoms with Crippen LogP contribution in [0, 0.1) is 0 Å². The Morgan fingerprint density at radius 2 is 2.43 bits per heavy atom. The van der Waals surface area contributed by atoms with Crippen molar-refractivity contribution >= 4 is 5.97 Å². The van der Waals surface area contributed by atoms with Crippen LogP contribution in [0.4, 0.5) is 0 Å². The van der Waals surface area contributed by atoms with Gasteiger partial charge in [0.25, 0.3) is 0 Å². The summed E-state index contributed by atoms with van der Waals surface area (Å²) in [5, 5.41) is 7.81. The quantitative estimate of drug-likeness (QED) is 0.635. The van der Waals surface area contributed by atoms with E-state index in [1.807, 2.05) is 0 Å². The van der Waals surface area contributed by atoms with Crippen molar-refractivity contribution in [2.45, 2.75) is 0 Å². The summed E-state index contributed by atoms with van der Waals surface area (Å²) in [6.07, 6.45) is 0. The van der Waals surface area contributed by atoms with Crippen LogP contribution in [0.25, 0.3) is 0 Å². The van der Waals surface area contributed by atoms with Gasteiger partial charge in [0.15, 0.2) is 0 Å². The molecule has 5 heteroatoms. The molecule has 0 unspecified atom stereocenters. The van der Waals surface area contributed by atoms with Crippen LogP contribution in [0.2, 0.25) is 0 Å². The molecular formula is C2H3O4Zr. The van der Waals surface area contributed by atoms with Crippen LogP contribution in [-0.2, 0) is 34.1 Å². The van der Waals surface area contributed by atoms with Crippen LogP contribution < -0.4 is 0 Å². The molecule has 0 fully saturated rings. The number of rotatable bonds is 3. The number of hydrogen-bond donors (Lipinski definition) is 1. The van der Waals surface area contributed by atoms with Crippen LogP contribution in [-0.4, -0.2) is 17.7 Å². The number of carboxylic acids is 1. The van der Waals surface area contributed by atoms with E-state index in [-0.39, 0.29) is 0 Å². The maximum absolute atomic E-state index is 9.52. The van der Waals surface area contributed by atoms with Crippen LogP contribution in [0.1, 0.15) is 0 Å². The summed E-state index contributed by atoms with van der Waals surface area (Å²) >= 11 is -1.98. The van der Waals surface area contributed by atoms with Crippen molar-refractivity contribution in [1.29, 1.82) is 0 Å². The molecule has 0 aromatic carbocycles. The van der Waals surface area contributed by atoms with Crippen LogP contribution in [0.15, 0.2) is 0 Å². The Bertz CT molecular complexity index is 79.8. The Balaban J connectivity index is 2.97. The molecule has 0 spiro atoms. The Hall–Kier alpha value is 0.113. The topological polar surface area (TPSA) is 63.6 Å². The van der Waals surface area contributed by atoms with Crippen LogP contribution in [0.3, 0.4) is 0 Å². The molecule has 0 aliphatic carbocycles. The fraction of sp³-hybridized carbons (Fsp3) is 0.500. The van der Waals surface area contributed by atoms with Crippen molar-refractivity contribution in [1.82, 2.24) is 0 Å². The van der Waals surface area contributed by atoms with Gasteiger partial charge in [-0.3, -0.25) is 0 Å². The second-order valence-electron chi connectivity index (χ2n) is 0.766. The van der Waals surface area contributed by atoms with Gasteiger partial charge in [-0.05, 0) is 0 Å². The van der Waals surface area contributed by atoms with E-state index in [1.165, 1.54) is 0 Å². The van der Waals surface area contributed by atoms with E-state index in [2.05, 4.69) is 2.81 Å². The molecule has 0 bridgehead atoms. The standard InChI is InChI=1S/C2H3O3.O.Zr/c3-1-2(4)5;;/h1H2,(H,4,5);;/q-1;;+1. The summed E-state index contributed by atoms with van der Waals surface area (Å²) in [6, 6.07) is 0. The molecule has 0 aliphatic rings. The molecule has 0 aliphatic heterocycles. The second-order valence-corrected chi connectivity index (χ2v) is 1.88. The molecule has 0 saturated carbocycles. The van der Waals surface area contributed by atoms with E-state index >= 15 is 0 Å². The SMILES string of the molecule is [O]=[Zr][O]CC(=O)O. The fourth-order valence-corrected chi connectivity index (χ4v) is 0.540. The van der Waals surface area contributed by atoms with E-state index < -0.39 is 36.3 Å². The Labute approximate surface area is 52.1 Å². The first-order valence-electron chi connectivity index (χ1n) is 1.48. The molecule has 0 rings (SSSR count). The van der Waals surface area contributed by atoms with Gasteiger partial charge in [0.2, 0.25) is 0 Å². The molecule has 0 aromatic rings. The number of carbonyl (C=O) groups is 1. The van der Waals surface area contributed by atoms with Gasteiger partial charge < -0.3 is 0 Å². The number of hydrogen-bond acceptors (Lipinski definition) is 3. The summed E-state index contributed by atoms with van der Waals surface area (Å²) in [5.41, 5.74) is 0. The average molecular weight is 182 g/mol. The van der Waals surface area contributed by atoms with Crippen molar-refractivity contribution in [3.8, 4) is 0 Å². The third-order valence-corrected chi connectivity index (χ3v) is 0.899. The summed E-state index contributed by atoms with van der Waals surface area (Å²) in [6.45, 7) is -0.421. The van der Waals surface area contributed by atoms with Crippen molar-refractivity contribution < 1.29 is 39.2 Å². The predicted molar refractivity (Wildman–Crippen MR) is 14.3 cm³/mol. The Morgan fingerprint density at radius 1 is 1.86 bits per heavy atom. The zero-order valence-corrected chi connectivity index (χ0v) is 5.84. The van der Waals surface area contributed by atoms with Gasteiger partial charge in [0, 0.05) is 0 Å². The van der Waals surface area contributed by atoms with Gasteiger partial charge in [-0.2, -0.15) is 0 Å². The first-order valence-corrected chi connectivity index (χ1v) is 3.49. The second kappa shape index (κ2) is 4.28. The first-order chi connectivity index (χ1) is 3.27. The minimum absolute atomic E-state index is 0.421. The Morgan fingerprint density at radius 3 is 2.57 bits per heavy atom. The summed E-state index contributed by atoms with van der Waals surface area (Å²) in [5.74, 6) is -1.07. The molecule has 0 saturated heterocycles. The molecule has 0 amide bonds. The van der Waals surface area contributed by atoms with E-state index in [0.717, 1.165) is 0 Å². The molecule has 39 valence electrons. The molecule has 0 atom stereocenters. The molecular weight excluding hydrogens is 179 g/mol. The molecule has 0 radical (unpaired) electrons. The Kier molecular flexibility index (Phi) is 4.35. The predicted octanol–water partition coefficient (Wildman–Crippen LogP) is -0.569. The molecule has 1 N–H and O–H groups in total. The third kappa shape index (κ3) is 6.11. The summed E-state index contributed by atoms with van der Waals surface area (Å²) < 4.78 is 13.6. The molecule has 0 heterocycles. The van der Waals surface area contributed by atoms with Gasteiger partial charge in [0.1, 0.15) is 0 Å². The average Bonchev–Trinajstić information content (AvgIpc) is 1.61. The molecule has 4 nitrogen and oxygen atoms in total. The minimum atomic E-state index is -1.98. The van der Waals surface area contributed by atoms with Crippen molar-refractivity contribution in [3.05, 3.63) is 0 Å². The zero-order valence-electron chi connectivity index (χ0n) is 3.38. The van der Waals surface area contributed by atoms with Gasteiger partial charge >= 0.3 is 51.8 Å². The van der Waals surface area contributed by atoms with Crippen molar-refractivity contribution in [2.24, 2.45) is 0 Å². The fourth-order valence-electron chi connectivity index (χ4n) is 0.0912. The van der Waals surface area contributed by atoms with E-state index in [4.69, 9.17) is 5.11 Å². The number of aliphatic carboxylic acids is 1. The zero-order chi connectivity index (χ0) is 5.70. The normalized spacial score (nSPS) is 7.43. The first kappa shape index (κ1) is 7.11. The van der Waals surface area contributed by atoms with E-state index in [9.17, 15) is 7.61 Å². The van der Waals surface area contributed by atoms with Gasteiger partial charge in [-0.15, -0.1) is 0 Å². The summed E-state index contributed by atoms with van der Waals surface area (Å²) in [7, 11) is 0. The maximum atomic E-state index is 9.52. The van der Waals surface area contributed by atoms with Crippen molar-refractivity contribution in [3.63, 3.8) is 0 Å².